The molecule has 1 aromatic carbocycles. The number of carbonyl (C=O) groups is 2. The topological polar surface area (TPSA) is 74.3 Å². The van der Waals surface area contributed by atoms with E-state index >= 15 is 0 Å². The van der Waals surface area contributed by atoms with Crippen LogP contribution in [-0.2, 0) is 23.8 Å². The molecular weight excluding hydrogens is 467 g/mol. The van der Waals surface area contributed by atoms with Crippen LogP contribution in [0.2, 0.25) is 0 Å². The smallest absolute Gasteiger partial charge is 0.460 e. The number of hydrogen-bond donors (Lipinski definition) is 0. The van der Waals surface area contributed by atoms with Gasteiger partial charge in [-0.05, 0) is 58.2 Å². The van der Waals surface area contributed by atoms with Crippen molar-refractivity contribution in [3.63, 3.8) is 0 Å². The quantitative estimate of drug-likeness (QED) is 0.357. The molecule has 2 aliphatic rings. The van der Waals surface area contributed by atoms with E-state index in [1.165, 1.54) is 19.2 Å². The van der Waals surface area contributed by atoms with Gasteiger partial charge in [-0.1, -0.05) is 12.1 Å². The normalized spacial score (nSPS) is 18.8. The Morgan fingerprint density at radius 2 is 1.57 bits per heavy atom. The first kappa shape index (κ1) is 26.6. The zero-order chi connectivity index (χ0) is 25.9. The minimum absolute atomic E-state index is 0.00902. The van der Waals surface area contributed by atoms with Crippen LogP contribution in [0.15, 0.2) is 46.8 Å². The van der Waals surface area contributed by atoms with Gasteiger partial charge >= 0.3 is 18.3 Å². The van der Waals surface area contributed by atoms with Crippen molar-refractivity contribution in [3.8, 4) is 5.75 Å². The fourth-order valence-corrected chi connectivity index (χ4v) is 4.25. The maximum absolute atomic E-state index is 13.3. The average molecular weight is 498 g/mol. The van der Waals surface area contributed by atoms with Gasteiger partial charge < -0.3 is 23.8 Å². The Morgan fingerprint density at radius 3 is 2.06 bits per heavy atom. The molecule has 1 unspecified atom stereocenters. The van der Waals surface area contributed by atoms with E-state index in [1.54, 1.807) is 27.7 Å². The summed E-state index contributed by atoms with van der Waals surface area (Å²) in [6.07, 6.45) is -3.44. The lowest BCUT2D eigenvalue weighted by atomic mass is 9.79. The maximum atomic E-state index is 13.3. The van der Waals surface area contributed by atoms with Crippen molar-refractivity contribution in [1.29, 1.82) is 0 Å². The van der Waals surface area contributed by atoms with E-state index < -0.39 is 36.1 Å². The highest BCUT2D eigenvalue weighted by molar-refractivity contribution is 6.00. The fourth-order valence-electron chi connectivity index (χ4n) is 4.25. The number of benzene rings is 1. The van der Waals surface area contributed by atoms with Crippen molar-refractivity contribution in [2.75, 3.05) is 20.3 Å². The van der Waals surface area contributed by atoms with E-state index in [0.29, 0.717) is 17.0 Å². The molecule has 0 aromatic heterocycles. The minimum Gasteiger partial charge on any atom is -0.460 e. The molecular formula is C25H30F3NO6. The number of carbonyl (C=O) groups excluding carboxylic acids is 2. The zero-order valence-electron chi connectivity index (χ0n) is 20.4. The maximum Gasteiger partial charge on any atom is 0.573 e. The predicted molar refractivity (Wildman–Crippen MR) is 120 cm³/mol. The van der Waals surface area contributed by atoms with E-state index in [9.17, 15) is 22.8 Å². The lowest BCUT2D eigenvalue weighted by Crippen LogP contribution is -2.37. The van der Waals surface area contributed by atoms with Gasteiger partial charge in [-0.15, -0.1) is 13.2 Å². The lowest BCUT2D eigenvalue weighted by Gasteiger charge is -2.38. The molecule has 0 spiro atoms. The van der Waals surface area contributed by atoms with Gasteiger partial charge in [0.05, 0.1) is 29.8 Å². The lowest BCUT2D eigenvalue weighted by molar-refractivity contribution is -0.274. The molecule has 35 heavy (non-hydrogen) atoms. The second kappa shape index (κ2) is 10.7. The van der Waals surface area contributed by atoms with Crippen LogP contribution in [0.1, 0.15) is 52.0 Å². The van der Waals surface area contributed by atoms with Crippen LogP contribution < -0.4 is 4.74 Å². The van der Waals surface area contributed by atoms with Gasteiger partial charge in [0.15, 0.2) is 0 Å². The Bertz CT molecular complexity index is 1010. The SMILES string of the molecule is COCCOC(=O)C1=C(C)N(C2CC2)C(C)=C(C(=O)OC(C)C)C1c1ccc(OC(F)(F)F)cc1. The Balaban J connectivity index is 2.12. The molecule has 192 valence electrons. The van der Waals surface area contributed by atoms with E-state index in [4.69, 9.17) is 14.2 Å². The summed E-state index contributed by atoms with van der Waals surface area (Å²) in [6, 6.07) is 5.26. The monoisotopic (exact) mass is 497 g/mol. The molecule has 1 heterocycles. The molecule has 1 saturated carbocycles. The highest BCUT2D eigenvalue weighted by atomic mass is 19.4. The van der Waals surface area contributed by atoms with Crippen LogP contribution in [0.3, 0.4) is 0 Å². The second-order valence-electron chi connectivity index (χ2n) is 8.73. The number of rotatable bonds is 9. The third-order valence-electron chi connectivity index (χ3n) is 5.74. The number of esters is 2. The Hall–Kier alpha value is -3.01. The predicted octanol–water partition coefficient (Wildman–Crippen LogP) is 4.84. The summed E-state index contributed by atoms with van der Waals surface area (Å²) in [7, 11) is 1.48. The molecule has 10 heteroatoms. The van der Waals surface area contributed by atoms with Gasteiger partial charge in [-0.25, -0.2) is 9.59 Å². The molecule has 1 atom stereocenters. The Kier molecular flexibility index (Phi) is 8.15. The third-order valence-corrected chi connectivity index (χ3v) is 5.74. The number of nitrogens with zero attached hydrogens (tertiary/aromatic N) is 1. The first-order chi connectivity index (χ1) is 16.4. The third kappa shape index (κ3) is 6.36. The van der Waals surface area contributed by atoms with Gasteiger partial charge in [0.1, 0.15) is 12.4 Å². The fraction of sp³-hybridized carbons (Fsp3) is 0.520. The van der Waals surface area contributed by atoms with Gasteiger partial charge in [-0.3, -0.25) is 0 Å². The molecule has 1 aliphatic carbocycles. The molecule has 3 rings (SSSR count). The van der Waals surface area contributed by atoms with Crippen LogP contribution in [-0.4, -0.2) is 55.7 Å². The van der Waals surface area contributed by atoms with Crippen LogP contribution >= 0.6 is 0 Å². The molecule has 0 bridgehead atoms. The number of alkyl halides is 3. The number of ether oxygens (including phenoxy) is 4. The van der Waals surface area contributed by atoms with Crippen molar-refractivity contribution in [3.05, 3.63) is 52.4 Å². The summed E-state index contributed by atoms with van der Waals surface area (Å²) in [5.41, 5.74) is 2.19. The largest absolute Gasteiger partial charge is 0.573 e. The van der Waals surface area contributed by atoms with Crippen molar-refractivity contribution in [1.82, 2.24) is 4.90 Å². The van der Waals surface area contributed by atoms with E-state index in [1.807, 2.05) is 4.90 Å². The number of hydrogen-bond acceptors (Lipinski definition) is 7. The first-order valence-corrected chi connectivity index (χ1v) is 11.4. The van der Waals surface area contributed by atoms with Crippen LogP contribution in [0.4, 0.5) is 13.2 Å². The summed E-state index contributed by atoms with van der Waals surface area (Å²) in [6.45, 7) is 7.21. The van der Waals surface area contributed by atoms with Crippen LogP contribution in [0.5, 0.6) is 5.75 Å². The summed E-state index contributed by atoms with van der Waals surface area (Å²) < 4.78 is 57.9. The molecule has 1 aromatic rings. The number of methoxy groups -OCH3 is 1. The molecule has 1 aliphatic heterocycles. The molecule has 0 amide bonds. The minimum atomic E-state index is -4.84. The van der Waals surface area contributed by atoms with E-state index in [2.05, 4.69) is 4.74 Å². The number of allylic oxidation sites excluding steroid dienone is 2. The molecule has 0 saturated heterocycles. The summed E-state index contributed by atoms with van der Waals surface area (Å²) in [4.78, 5) is 28.6. The first-order valence-electron chi connectivity index (χ1n) is 11.4. The van der Waals surface area contributed by atoms with E-state index in [-0.39, 0.29) is 30.4 Å². The summed E-state index contributed by atoms with van der Waals surface area (Å²) >= 11 is 0. The highest BCUT2D eigenvalue weighted by Gasteiger charge is 2.44. The summed E-state index contributed by atoms with van der Waals surface area (Å²) in [5.74, 6) is -2.54. The molecule has 0 N–H and O–H groups in total. The second-order valence-corrected chi connectivity index (χ2v) is 8.73. The molecule has 1 fully saturated rings. The highest BCUT2D eigenvalue weighted by Crippen LogP contribution is 2.47. The van der Waals surface area contributed by atoms with Crippen molar-refractivity contribution in [2.45, 2.75) is 65.0 Å². The Morgan fingerprint density at radius 1 is 1.00 bits per heavy atom. The van der Waals surface area contributed by atoms with Gasteiger partial charge in [0.2, 0.25) is 0 Å². The summed E-state index contributed by atoms with van der Waals surface area (Å²) in [5, 5.41) is 0. The van der Waals surface area contributed by atoms with Crippen molar-refractivity contribution < 1.29 is 41.7 Å². The molecule has 7 nitrogen and oxygen atoms in total. The van der Waals surface area contributed by atoms with Gasteiger partial charge in [0.25, 0.3) is 0 Å². The van der Waals surface area contributed by atoms with Crippen LogP contribution in [0, 0.1) is 0 Å². The molecule has 0 radical (unpaired) electrons. The Labute approximate surface area is 202 Å². The van der Waals surface area contributed by atoms with Gasteiger partial charge in [-0.2, -0.15) is 0 Å². The van der Waals surface area contributed by atoms with Gasteiger partial charge in [0, 0.05) is 24.5 Å². The average Bonchev–Trinajstić information content (AvgIpc) is 3.57. The van der Waals surface area contributed by atoms with E-state index in [0.717, 1.165) is 25.0 Å². The van der Waals surface area contributed by atoms with Crippen molar-refractivity contribution >= 4 is 11.9 Å². The zero-order valence-corrected chi connectivity index (χ0v) is 20.4. The standard InChI is InChI=1S/C25H30F3NO6/c1-14(2)34-24(31)21-16(4)29(18-8-9-18)15(3)20(23(30)33-13-12-32-5)22(21)17-6-10-19(11-7-17)35-25(26,27)28/h6-7,10-11,14,18,22H,8-9,12-13H2,1-5H3. The van der Waals surface area contributed by atoms with Crippen molar-refractivity contribution in [2.24, 2.45) is 0 Å². The number of halogens is 3. The van der Waals surface area contributed by atoms with Crippen LogP contribution in [0.25, 0.3) is 0 Å².